The van der Waals surface area contributed by atoms with E-state index < -0.39 is 11.6 Å². The van der Waals surface area contributed by atoms with Gasteiger partial charge in [-0.05, 0) is 42.7 Å². The minimum atomic E-state index is -0.732. The van der Waals surface area contributed by atoms with Gasteiger partial charge >= 0.3 is 6.03 Å². The van der Waals surface area contributed by atoms with E-state index in [0.29, 0.717) is 10.7 Å². The molecule has 1 heterocycles. The van der Waals surface area contributed by atoms with Gasteiger partial charge in [0.15, 0.2) is 0 Å². The summed E-state index contributed by atoms with van der Waals surface area (Å²) >= 11 is 18.5. The van der Waals surface area contributed by atoms with Crippen molar-refractivity contribution in [3.05, 3.63) is 73.4 Å². The van der Waals surface area contributed by atoms with Crippen molar-refractivity contribution in [1.82, 2.24) is 9.78 Å². The molecule has 0 aliphatic rings. The number of carbonyl (C=O) groups excluding carboxylic acids is 1. The zero-order valence-corrected chi connectivity index (χ0v) is 23.5. The predicted octanol–water partition coefficient (Wildman–Crippen LogP) is 8.81. The lowest BCUT2D eigenvalue weighted by Crippen LogP contribution is -2.31. The Morgan fingerprint density at radius 3 is 1.95 bits per heavy atom. The topological polar surface area (TPSA) is 84.1 Å². The number of carbonyl (C=O) groups is 1. The summed E-state index contributed by atoms with van der Waals surface area (Å²) in [5.74, 6) is 0.196. The van der Waals surface area contributed by atoms with Crippen LogP contribution in [-0.4, -0.2) is 15.8 Å². The standard InChI is InChI=1S/C28H35Cl3N4O2/c1-2-3-4-5-6-7-8-9-10-11-12-20-13-15-22(16-14-20)34(28(32)37)25-19-26(36)35(33-25)27-23(30)17-21(29)18-24(27)31/h13-19,33H,2-12H2,1H3,(H2,32,37). The number of halogens is 3. The van der Waals surface area contributed by atoms with Crippen LogP contribution in [0.1, 0.15) is 76.7 Å². The molecule has 0 bridgehead atoms. The van der Waals surface area contributed by atoms with Crippen LogP contribution < -0.4 is 16.2 Å². The Kier molecular flexibility index (Phi) is 11.4. The van der Waals surface area contributed by atoms with Gasteiger partial charge in [0.25, 0.3) is 5.56 Å². The molecule has 0 aliphatic heterocycles. The molecule has 37 heavy (non-hydrogen) atoms. The molecule has 0 saturated carbocycles. The summed E-state index contributed by atoms with van der Waals surface area (Å²) in [6.07, 6.45) is 14.0. The van der Waals surface area contributed by atoms with Crippen molar-refractivity contribution < 1.29 is 4.79 Å². The summed E-state index contributed by atoms with van der Waals surface area (Å²) in [5, 5.41) is 3.61. The number of aromatic amines is 1. The number of aromatic nitrogens is 2. The van der Waals surface area contributed by atoms with Crippen LogP contribution in [0.4, 0.5) is 16.3 Å². The van der Waals surface area contributed by atoms with E-state index in [1.165, 1.54) is 86.4 Å². The van der Waals surface area contributed by atoms with Gasteiger partial charge in [-0.15, -0.1) is 0 Å². The fourth-order valence-corrected chi connectivity index (χ4v) is 5.41. The molecule has 200 valence electrons. The molecule has 2 aromatic carbocycles. The van der Waals surface area contributed by atoms with Crippen molar-refractivity contribution >= 4 is 52.3 Å². The van der Waals surface area contributed by atoms with Gasteiger partial charge in [-0.1, -0.05) is 112 Å². The molecule has 3 rings (SSSR count). The number of H-pyrrole nitrogens is 1. The fourth-order valence-electron chi connectivity index (χ4n) is 4.43. The van der Waals surface area contributed by atoms with Gasteiger partial charge in [-0.25, -0.2) is 14.4 Å². The summed E-state index contributed by atoms with van der Waals surface area (Å²) in [4.78, 5) is 26.3. The van der Waals surface area contributed by atoms with E-state index in [1.807, 2.05) is 24.3 Å². The molecule has 3 N–H and O–H groups in total. The molecule has 6 nitrogen and oxygen atoms in total. The molecule has 0 aliphatic carbocycles. The number of urea groups is 1. The van der Waals surface area contributed by atoms with Crippen molar-refractivity contribution in [2.45, 2.75) is 77.6 Å². The third-order valence-electron chi connectivity index (χ3n) is 6.39. The zero-order valence-electron chi connectivity index (χ0n) is 21.2. The van der Waals surface area contributed by atoms with Gasteiger partial charge in [-0.2, -0.15) is 0 Å². The number of hydrogen-bond acceptors (Lipinski definition) is 2. The lowest BCUT2D eigenvalue weighted by molar-refractivity contribution is 0.256. The Hall–Kier alpha value is -2.41. The molecular weight excluding hydrogens is 531 g/mol. The summed E-state index contributed by atoms with van der Waals surface area (Å²) in [6.45, 7) is 2.25. The Morgan fingerprint density at radius 2 is 1.41 bits per heavy atom. The van der Waals surface area contributed by atoms with E-state index >= 15 is 0 Å². The lowest BCUT2D eigenvalue weighted by atomic mass is 10.0. The molecule has 0 atom stereocenters. The quantitative estimate of drug-likeness (QED) is 0.191. The molecule has 0 saturated heterocycles. The number of hydrogen-bond donors (Lipinski definition) is 2. The average molecular weight is 566 g/mol. The normalized spacial score (nSPS) is 11.1. The van der Waals surface area contributed by atoms with Crippen molar-refractivity contribution in [3.8, 4) is 5.69 Å². The number of nitrogens with two attached hydrogens (primary N) is 1. The number of nitrogens with one attached hydrogen (secondary N) is 1. The number of amides is 2. The smallest absolute Gasteiger partial charge is 0.325 e. The maximum atomic E-state index is 12.7. The summed E-state index contributed by atoms with van der Waals surface area (Å²) < 4.78 is 1.16. The SMILES string of the molecule is CCCCCCCCCCCCc1ccc(N(C(N)=O)c2cc(=O)n(-c3c(Cl)cc(Cl)cc3Cl)[nH]2)cc1. The minimum Gasteiger partial charge on any atom is -0.351 e. The summed E-state index contributed by atoms with van der Waals surface area (Å²) in [6, 6.07) is 11.1. The number of nitrogens with zero attached hydrogens (tertiary/aromatic N) is 2. The van der Waals surface area contributed by atoms with Crippen LogP contribution in [0.15, 0.2) is 47.3 Å². The molecular formula is C28H35Cl3N4O2. The van der Waals surface area contributed by atoms with E-state index in [1.54, 1.807) is 0 Å². The lowest BCUT2D eigenvalue weighted by Gasteiger charge is -2.19. The van der Waals surface area contributed by atoms with Gasteiger partial charge in [0.1, 0.15) is 11.5 Å². The number of rotatable bonds is 14. The highest BCUT2D eigenvalue weighted by atomic mass is 35.5. The third kappa shape index (κ3) is 8.29. The van der Waals surface area contributed by atoms with Crippen molar-refractivity contribution in [1.29, 1.82) is 0 Å². The molecule has 0 radical (unpaired) electrons. The van der Waals surface area contributed by atoms with Crippen LogP contribution in [0.25, 0.3) is 5.69 Å². The second kappa shape index (κ2) is 14.5. The fraction of sp³-hybridized carbons (Fsp3) is 0.429. The number of anilines is 2. The molecule has 0 spiro atoms. The Bertz CT molecular complexity index is 1200. The van der Waals surface area contributed by atoms with E-state index in [-0.39, 0.29) is 21.6 Å². The molecule has 1 aromatic heterocycles. The maximum absolute atomic E-state index is 12.7. The molecule has 3 aromatic rings. The molecule has 0 unspecified atom stereocenters. The van der Waals surface area contributed by atoms with Crippen molar-refractivity contribution in [2.75, 3.05) is 4.90 Å². The Morgan fingerprint density at radius 1 is 0.865 bits per heavy atom. The minimum absolute atomic E-state index is 0.190. The predicted molar refractivity (Wildman–Crippen MR) is 155 cm³/mol. The number of unbranched alkanes of at least 4 members (excludes halogenated alkanes) is 9. The number of aryl methyl sites for hydroxylation is 1. The first-order valence-corrected chi connectivity index (χ1v) is 14.1. The summed E-state index contributed by atoms with van der Waals surface area (Å²) in [7, 11) is 0. The number of benzene rings is 2. The van der Waals surface area contributed by atoms with Crippen LogP contribution in [0.3, 0.4) is 0 Å². The first kappa shape index (κ1) is 29.2. The Balaban J connectivity index is 1.60. The largest absolute Gasteiger partial charge is 0.351 e. The van der Waals surface area contributed by atoms with Crippen molar-refractivity contribution in [3.63, 3.8) is 0 Å². The molecule has 0 fully saturated rings. The zero-order chi connectivity index (χ0) is 26.8. The molecule has 9 heteroatoms. The summed E-state index contributed by atoms with van der Waals surface area (Å²) in [5.41, 5.74) is 7.19. The maximum Gasteiger partial charge on any atom is 0.325 e. The van der Waals surface area contributed by atoms with Gasteiger partial charge in [0.2, 0.25) is 0 Å². The van der Waals surface area contributed by atoms with Crippen LogP contribution >= 0.6 is 34.8 Å². The van der Waals surface area contributed by atoms with E-state index in [2.05, 4.69) is 12.0 Å². The second-order valence-electron chi connectivity index (χ2n) is 9.31. The van der Waals surface area contributed by atoms with Gasteiger partial charge in [0, 0.05) is 11.1 Å². The highest BCUT2D eigenvalue weighted by molar-refractivity contribution is 6.40. The highest BCUT2D eigenvalue weighted by Gasteiger charge is 2.21. The monoisotopic (exact) mass is 564 g/mol. The van der Waals surface area contributed by atoms with Crippen LogP contribution in [0.5, 0.6) is 0 Å². The van der Waals surface area contributed by atoms with Crippen LogP contribution in [0.2, 0.25) is 15.1 Å². The Labute approximate surface area is 233 Å². The highest BCUT2D eigenvalue weighted by Crippen LogP contribution is 2.32. The average Bonchev–Trinajstić information content (AvgIpc) is 3.20. The third-order valence-corrected chi connectivity index (χ3v) is 7.18. The van der Waals surface area contributed by atoms with Crippen LogP contribution in [-0.2, 0) is 6.42 Å². The van der Waals surface area contributed by atoms with Gasteiger partial charge in [0.05, 0.1) is 15.7 Å². The van der Waals surface area contributed by atoms with E-state index in [9.17, 15) is 9.59 Å². The van der Waals surface area contributed by atoms with Crippen molar-refractivity contribution in [2.24, 2.45) is 5.73 Å². The van der Waals surface area contributed by atoms with E-state index in [0.717, 1.165) is 17.5 Å². The second-order valence-corrected chi connectivity index (χ2v) is 10.6. The van der Waals surface area contributed by atoms with Crippen LogP contribution in [0, 0.1) is 0 Å². The first-order valence-electron chi connectivity index (χ1n) is 13.0. The van der Waals surface area contributed by atoms with E-state index in [4.69, 9.17) is 40.5 Å². The van der Waals surface area contributed by atoms with Gasteiger partial charge < -0.3 is 5.73 Å². The molecule has 2 amide bonds. The number of primary amides is 1. The van der Waals surface area contributed by atoms with Gasteiger partial charge in [-0.3, -0.25) is 9.89 Å². The first-order chi connectivity index (χ1) is 17.8.